The Morgan fingerprint density at radius 2 is 1.74 bits per heavy atom. The Kier molecular flexibility index (Phi) is 5.76. The van der Waals surface area contributed by atoms with Crippen molar-refractivity contribution in [2.45, 2.75) is 25.9 Å². The van der Waals surface area contributed by atoms with Crippen LogP contribution in [0, 0.1) is 13.8 Å². The van der Waals surface area contributed by atoms with Crippen molar-refractivity contribution in [1.82, 2.24) is 9.55 Å². The number of carbonyl (C=O) groups is 2. The molecule has 6 heteroatoms. The fourth-order valence-corrected chi connectivity index (χ4v) is 3.71. The largest absolute Gasteiger partial charge is 0.326 e. The maximum absolute atomic E-state index is 12.5. The van der Waals surface area contributed by atoms with Gasteiger partial charge in [0.2, 0.25) is 5.91 Å². The molecule has 138 valence electrons. The van der Waals surface area contributed by atoms with E-state index in [1.54, 1.807) is 30.5 Å². The molecular formula is C21H21N3O2S. The van der Waals surface area contributed by atoms with Gasteiger partial charge >= 0.3 is 0 Å². The van der Waals surface area contributed by atoms with Crippen LogP contribution < -0.4 is 5.32 Å². The topological polar surface area (TPSA) is 64.0 Å². The van der Waals surface area contributed by atoms with Crippen molar-refractivity contribution in [3.05, 3.63) is 71.5 Å². The lowest BCUT2D eigenvalue weighted by atomic mass is 10.1. The molecule has 0 aliphatic carbocycles. The molecule has 1 amide bonds. The van der Waals surface area contributed by atoms with Crippen LogP contribution in [-0.4, -0.2) is 27.0 Å². The van der Waals surface area contributed by atoms with Gasteiger partial charge in [0, 0.05) is 36.3 Å². The molecule has 1 aromatic heterocycles. The molecule has 0 aliphatic rings. The summed E-state index contributed by atoms with van der Waals surface area (Å²) in [4.78, 5) is 27.9. The van der Waals surface area contributed by atoms with Crippen LogP contribution in [-0.2, 0) is 4.79 Å². The van der Waals surface area contributed by atoms with Crippen LogP contribution in [0.3, 0.4) is 0 Å². The van der Waals surface area contributed by atoms with Crippen LogP contribution in [0.4, 0.5) is 5.69 Å². The van der Waals surface area contributed by atoms with E-state index in [4.69, 9.17) is 0 Å². The van der Waals surface area contributed by atoms with Gasteiger partial charge < -0.3 is 5.32 Å². The first kappa shape index (κ1) is 18.9. The Hall–Kier alpha value is -2.86. The Bertz CT molecular complexity index is 957. The molecule has 0 radical (unpaired) electrons. The quantitative estimate of drug-likeness (QED) is 0.509. The first-order valence-electron chi connectivity index (χ1n) is 8.58. The number of Topliss-reactive ketones (excluding diaryl/α,β-unsaturated/α-hetero) is 1. The molecule has 0 unspecified atom stereocenters. The van der Waals surface area contributed by atoms with Gasteiger partial charge in [-0.05, 0) is 61.4 Å². The zero-order valence-electron chi connectivity index (χ0n) is 15.5. The summed E-state index contributed by atoms with van der Waals surface area (Å²) in [6.45, 7) is 5.58. The van der Waals surface area contributed by atoms with E-state index in [9.17, 15) is 9.59 Å². The van der Waals surface area contributed by atoms with Gasteiger partial charge in [-0.3, -0.25) is 14.2 Å². The Labute approximate surface area is 162 Å². The van der Waals surface area contributed by atoms with Gasteiger partial charge in [-0.25, -0.2) is 4.98 Å². The molecule has 2 aromatic carbocycles. The minimum Gasteiger partial charge on any atom is -0.326 e. The normalized spacial score (nSPS) is 10.6. The van der Waals surface area contributed by atoms with Gasteiger partial charge in [0.15, 0.2) is 10.9 Å². The van der Waals surface area contributed by atoms with E-state index in [1.807, 2.05) is 10.8 Å². The number of hydrogen-bond donors (Lipinski definition) is 1. The number of aromatic nitrogens is 2. The van der Waals surface area contributed by atoms with Gasteiger partial charge in [0.1, 0.15) is 0 Å². The zero-order valence-corrected chi connectivity index (χ0v) is 16.3. The van der Waals surface area contributed by atoms with Gasteiger partial charge in [-0.2, -0.15) is 0 Å². The smallest absolute Gasteiger partial charge is 0.221 e. The van der Waals surface area contributed by atoms with Crippen molar-refractivity contribution in [2.24, 2.45) is 0 Å². The molecule has 5 nitrogen and oxygen atoms in total. The van der Waals surface area contributed by atoms with Gasteiger partial charge in [0.25, 0.3) is 0 Å². The number of benzene rings is 2. The number of nitrogens with zero attached hydrogens (tertiary/aromatic N) is 2. The first-order valence-corrected chi connectivity index (χ1v) is 9.56. The number of aryl methyl sites for hydroxylation is 2. The van der Waals surface area contributed by atoms with Crippen molar-refractivity contribution in [2.75, 3.05) is 11.1 Å². The predicted octanol–water partition coefficient (Wildman–Crippen LogP) is 4.42. The summed E-state index contributed by atoms with van der Waals surface area (Å²) < 4.78 is 2.00. The number of rotatable bonds is 6. The number of anilines is 1. The standard InChI is InChI=1S/C21H21N3O2S/c1-14-10-15(2)12-19(11-14)24-9-8-22-21(24)27-13-20(26)17-4-6-18(7-5-17)23-16(3)25/h4-12H,13H2,1-3H3,(H,23,25). The molecule has 0 spiro atoms. The second kappa shape index (κ2) is 8.22. The van der Waals surface area contributed by atoms with E-state index in [0.717, 1.165) is 10.8 Å². The van der Waals surface area contributed by atoms with E-state index >= 15 is 0 Å². The lowest BCUT2D eigenvalue weighted by molar-refractivity contribution is -0.114. The van der Waals surface area contributed by atoms with Gasteiger partial charge in [-0.1, -0.05) is 17.8 Å². The second-order valence-electron chi connectivity index (χ2n) is 6.40. The lowest BCUT2D eigenvalue weighted by Crippen LogP contribution is -2.07. The summed E-state index contributed by atoms with van der Waals surface area (Å²) in [6.07, 6.45) is 3.65. The first-order chi connectivity index (χ1) is 12.9. The van der Waals surface area contributed by atoms with Crippen LogP contribution in [0.1, 0.15) is 28.4 Å². The van der Waals surface area contributed by atoms with E-state index in [2.05, 4.69) is 42.3 Å². The molecule has 27 heavy (non-hydrogen) atoms. The van der Waals surface area contributed by atoms with Crippen LogP contribution >= 0.6 is 11.8 Å². The van der Waals surface area contributed by atoms with Crippen molar-refractivity contribution in [1.29, 1.82) is 0 Å². The predicted molar refractivity (Wildman–Crippen MR) is 109 cm³/mol. The van der Waals surface area contributed by atoms with Crippen LogP contribution in [0.25, 0.3) is 5.69 Å². The molecule has 0 bridgehead atoms. The number of nitrogens with one attached hydrogen (secondary N) is 1. The van der Waals surface area contributed by atoms with Crippen molar-refractivity contribution >= 4 is 29.1 Å². The average Bonchev–Trinajstić information content (AvgIpc) is 3.07. The highest BCUT2D eigenvalue weighted by Gasteiger charge is 2.11. The van der Waals surface area contributed by atoms with Crippen LogP contribution in [0.2, 0.25) is 0 Å². The summed E-state index contributed by atoms with van der Waals surface area (Å²) in [5, 5.41) is 3.47. The highest BCUT2D eigenvalue weighted by molar-refractivity contribution is 7.99. The van der Waals surface area contributed by atoms with Crippen molar-refractivity contribution < 1.29 is 9.59 Å². The molecule has 3 aromatic rings. The zero-order chi connectivity index (χ0) is 19.4. The Morgan fingerprint density at radius 3 is 2.37 bits per heavy atom. The molecule has 1 heterocycles. The SMILES string of the molecule is CC(=O)Nc1ccc(C(=O)CSc2nccn2-c2cc(C)cc(C)c2)cc1. The highest BCUT2D eigenvalue weighted by atomic mass is 32.2. The van der Waals surface area contributed by atoms with Gasteiger partial charge in [0.05, 0.1) is 5.75 Å². The van der Waals surface area contributed by atoms with Crippen LogP contribution in [0.5, 0.6) is 0 Å². The summed E-state index contributed by atoms with van der Waals surface area (Å²) >= 11 is 1.41. The molecule has 0 fully saturated rings. The number of ketones is 1. The number of amides is 1. The third-order valence-electron chi connectivity index (χ3n) is 3.95. The summed E-state index contributed by atoms with van der Waals surface area (Å²) in [7, 11) is 0. The van der Waals surface area contributed by atoms with E-state index in [-0.39, 0.29) is 11.7 Å². The molecule has 0 saturated heterocycles. The lowest BCUT2D eigenvalue weighted by Gasteiger charge is -2.09. The van der Waals surface area contributed by atoms with E-state index in [1.165, 1.54) is 29.8 Å². The fraction of sp³-hybridized carbons (Fsp3) is 0.190. The van der Waals surface area contributed by atoms with E-state index < -0.39 is 0 Å². The number of hydrogen-bond acceptors (Lipinski definition) is 4. The average molecular weight is 379 g/mol. The maximum atomic E-state index is 12.5. The summed E-state index contributed by atoms with van der Waals surface area (Å²) in [5.41, 5.74) is 4.70. The minimum absolute atomic E-state index is 0.0179. The second-order valence-corrected chi connectivity index (χ2v) is 7.34. The molecule has 0 aliphatic heterocycles. The molecule has 0 saturated carbocycles. The van der Waals surface area contributed by atoms with Gasteiger partial charge in [-0.15, -0.1) is 0 Å². The number of imidazole rings is 1. The third kappa shape index (κ3) is 4.86. The number of thioether (sulfide) groups is 1. The third-order valence-corrected chi connectivity index (χ3v) is 4.92. The molecule has 3 rings (SSSR count). The maximum Gasteiger partial charge on any atom is 0.221 e. The molecular weight excluding hydrogens is 358 g/mol. The Balaban J connectivity index is 1.69. The van der Waals surface area contributed by atoms with Crippen LogP contribution in [0.15, 0.2) is 60.0 Å². The summed E-state index contributed by atoms with van der Waals surface area (Å²) in [6, 6.07) is 13.2. The van der Waals surface area contributed by atoms with E-state index in [0.29, 0.717) is 17.0 Å². The molecule has 0 atom stereocenters. The monoisotopic (exact) mass is 379 g/mol. The van der Waals surface area contributed by atoms with Crippen molar-refractivity contribution in [3.63, 3.8) is 0 Å². The van der Waals surface area contributed by atoms with Crippen molar-refractivity contribution in [3.8, 4) is 5.69 Å². The highest BCUT2D eigenvalue weighted by Crippen LogP contribution is 2.23. The fourth-order valence-electron chi connectivity index (χ4n) is 2.84. The minimum atomic E-state index is -0.136. The Morgan fingerprint density at radius 1 is 1.07 bits per heavy atom. The molecule has 1 N–H and O–H groups in total. The number of carbonyl (C=O) groups excluding carboxylic acids is 2. The summed E-state index contributed by atoms with van der Waals surface area (Å²) in [5.74, 6) is 0.175.